The van der Waals surface area contributed by atoms with Crippen LogP contribution in [0.25, 0.3) is 20.5 Å². The second kappa shape index (κ2) is 10.9. The summed E-state index contributed by atoms with van der Waals surface area (Å²) in [6, 6.07) is 14.4. The van der Waals surface area contributed by atoms with Gasteiger partial charge in [-0.1, -0.05) is 6.07 Å². The van der Waals surface area contributed by atoms with Crippen molar-refractivity contribution in [2.75, 3.05) is 32.9 Å². The van der Waals surface area contributed by atoms with Crippen molar-refractivity contribution in [3.8, 4) is 27.7 Å². The van der Waals surface area contributed by atoms with Crippen LogP contribution >= 0.6 is 11.3 Å². The van der Waals surface area contributed by atoms with E-state index in [0.29, 0.717) is 46.5 Å². The number of nitrogens with zero attached hydrogens (tertiary/aromatic N) is 1. The van der Waals surface area contributed by atoms with E-state index in [1.165, 1.54) is 18.2 Å². The first-order chi connectivity index (χ1) is 18.6. The van der Waals surface area contributed by atoms with Gasteiger partial charge in [0.15, 0.2) is 5.75 Å². The summed E-state index contributed by atoms with van der Waals surface area (Å²) in [7, 11) is 0. The van der Waals surface area contributed by atoms with Gasteiger partial charge in [-0.15, -0.1) is 11.3 Å². The van der Waals surface area contributed by atoms with Gasteiger partial charge < -0.3 is 14.6 Å². The predicted octanol–water partition coefficient (Wildman–Crippen LogP) is 7.59. The number of alkyl halides is 3. The minimum Gasteiger partial charge on any atom is -0.492 e. The lowest BCUT2D eigenvalue weighted by molar-refractivity contribution is 0.0178. The molecule has 4 aromatic rings. The van der Waals surface area contributed by atoms with Gasteiger partial charge in [-0.3, -0.25) is 9.29 Å². The van der Waals surface area contributed by atoms with E-state index in [1.54, 1.807) is 30.3 Å². The Morgan fingerprint density at radius 1 is 1.08 bits per heavy atom. The molecular formula is C29H25F4NO4S. The molecule has 0 atom stereocenters. The molecule has 0 aliphatic carbocycles. The molecule has 5 nitrogen and oxygen atoms in total. The predicted molar refractivity (Wildman–Crippen MR) is 142 cm³/mol. The fraction of sp³-hybridized carbons (Fsp3) is 0.276. The molecule has 1 aliphatic heterocycles. The maximum absolute atomic E-state index is 14.5. The van der Waals surface area contributed by atoms with Crippen LogP contribution < -0.4 is 9.47 Å². The first kappa shape index (κ1) is 27.0. The number of thiophene rings is 1. The van der Waals surface area contributed by atoms with Crippen LogP contribution in [0.3, 0.4) is 0 Å². The number of ether oxygens (including phenoxy) is 2. The van der Waals surface area contributed by atoms with E-state index < -0.39 is 23.3 Å². The molecule has 5 rings (SSSR count). The summed E-state index contributed by atoms with van der Waals surface area (Å²) in [5, 5.41) is 9.95. The Kier molecular flexibility index (Phi) is 7.51. The van der Waals surface area contributed by atoms with Gasteiger partial charge in [-0.05, 0) is 54.6 Å². The van der Waals surface area contributed by atoms with Crippen LogP contribution in [0, 0.1) is 11.7 Å². The molecule has 0 bridgehead atoms. The number of hydrogen-bond acceptors (Lipinski definition) is 5. The van der Waals surface area contributed by atoms with Crippen LogP contribution in [0.5, 0.6) is 17.2 Å². The second-order valence-electron chi connectivity index (χ2n) is 9.56. The Labute approximate surface area is 226 Å². The monoisotopic (exact) mass is 559 g/mol. The highest BCUT2D eigenvalue weighted by molar-refractivity contribution is 7.22. The molecule has 1 saturated heterocycles. The lowest BCUT2D eigenvalue weighted by Gasteiger charge is -2.37. The third-order valence-electron chi connectivity index (χ3n) is 6.56. The number of carbonyl (C=O) groups is 1. The number of likely N-dealkylation sites (tertiary alicyclic amines) is 1. The van der Waals surface area contributed by atoms with E-state index in [2.05, 4.69) is 4.90 Å². The zero-order valence-corrected chi connectivity index (χ0v) is 21.7. The zero-order valence-electron chi connectivity index (χ0n) is 20.9. The van der Waals surface area contributed by atoms with Gasteiger partial charge in [0, 0.05) is 53.7 Å². The topological polar surface area (TPSA) is 59.0 Å². The van der Waals surface area contributed by atoms with Gasteiger partial charge in [0.25, 0.3) is 5.92 Å². The average molecular weight is 560 g/mol. The van der Waals surface area contributed by atoms with Crippen LogP contribution in [-0.2, 0) is 5.92 Å². The third-order valence-corrected chi connectivity index (χ3v) is 7.73. The molecule has 1 N–H and O–H groups in total. The van der Waals surface area contributed by atoms with Crippen LogP contribution in [-0.4, -0.2) is 48.9 Å². The largest absolute Gasteiger partial charge is 0.492 e. The van der Waals surface area contributed by atoms with Crippen molar-refractivity contribution in [1.82, 2.24) is 4.90 Å². The molecule has 204 valence electrons. The average Bonchev–Trinajstić information content (AvgIpc) is 3.23. The molecule has 3 aromatic carbocycles. The summed E-state index contributed by atoms with van der Waals surface area (Å²) < 4.78 is 68.0. The normalized spacial score (nSPS) is 14.4. The summed E-state index contributed by atoms with van der Waals surface area (Å²) in [4.78, 5) is 14.0. The fourth-order valence-corrected chi connectivity index (χ4v) is 5.74. The molecule has 1 fully saturated rings. The summed E-state index contributed by atoms with van der Waals surface area (Å²) in [5.74, 6) is -3.85. The van der Waals surface area contributed by atoms with Crippen molar-refractivity contribution >= 4 is 27.4 Å². The Hall–Kier alpha value is -3.63. The van der Waals surface area contributed by atoms with Crippen LogP contribution in [0.4, 0.5) is 17.6 Å². The number of hydrogen-bond donors (Lipinski definition) is 1. The van der Waals surface area contributed by atoms with Crippen molar-refractivity contribution in [2.45, 2.75) is 12.8 Å². The number of halogens is 4. The molecule has 1 aromatic heterocycles. The summed E-state index contributed by atoms with van der Waals surface area (Å²) in [6.45, 7) is 3.00. The molecule has 2 heterocycles. The molecule has 10 heteroatoms. The van der Waals surface area contributed by atoms with E-state index in [-0.39, 0.29) is 29.5 Å². The van der Waals surface area contributed by atoms with E-state index in [4.69, 9.17) is 9.47 Å². The minimum absolute atomic E-state index is 0.0435. The van der Waals surface area contributed by atoms with Crippen molar-refractivity contribution < 1.29 is 36.9 Å². The highest BCUT2D eigenvalue weighted by atomic mass is 32.1. The fourth-order valence-electron chi connectivity index (χ4n) is 4.53. The van der Waals surface area contributed by atoms with Gasteiger partial charge in [-0.2, -0.15) is 0 Å². The summed E-state index contributed by atoms with van der Waals surface area (Å²) >= 11 is 1.09. The highest BCUT2D eigenvalue weighted by Gasteiger charge is 2.31. The lowest BCUT2D eigenvalue weighted by Crippen LogP contribution is -2.49. The number of carboxylic acids is 1. The van der Waals surface area contributed by atoms with E-state index in [1.807, 2.05) is 0 Å². The van der Waals surface area contributed by atoms with Gasteiger partial charge in [0.2, 0.25) is 0 Å². The molecule has 0 spiro atoms. The number of aromatic carboxylic acids is 1. The first-order valence-corrected chi connectivity index (χ1v) is 13.1. The van der Waals surface area contributed by atoms with Crippen molar-refractivity contribution in [2.24, 2.45) is 5.92 Å². The van der Waals surface area contributed by atoms with Gasteiger partial charge >= 0.3 is 5.97 Å². The molecular weight excluding hydrogens is 534 g/mol. The Bertz CT molecular complexity index is 1490. The lowest BCUT2D eigenvalue weighted by atomic mass is 10.00. The van der Waals surface area contributed by atoms with Crippen LogP contribution in [0.15, 0.2) is 60.7 Å². The molecule has 0 unspecified atom stereocenters. The van der Waals surface area contributed by atoms with Crippen molar-refractivity contribution in [3.05, 3.63) is 77.6 Å². The van der Waals surface area contributed by atoms with E-state index in [9.17, 15) is 27.5 Å². The Morgan fingerprint density at radius 3 is 2.46 bits per heavy atom. The van der Waals surface area contributed by atoms with E-state index >= 15 is 0 Å². The van der Waals surface area contributed by atoms with Crippen molar-refractivity contribution in [1.29, 1.82) is 0 Å². The van der Waals surface area contributed by atoms with Crippen LogP contribution in [0.2, 0.25) is 0 Å². The number of rotatable bonds is 10. The zero-order chi connectivity index (χ0) is 27.7. The molecule has 0 amide bonds. The smallest absolute Gasteiger partial charge is 0.335 e. The van der Waals surface area contributed by atoms with Gasteiger partial charge in [0.05, 0.1) is 17.1 Å². The van der Waals surface area contributed by atoms with Gasteiger partial charge in [0.1, 0.15) is 23.9 Å². The number of fused-ring (bicyclic) bond motifs is 1. The van der Waals surface area contributed by atoms with Crippen LogP contribution in [0.1, 0.15) is 22.8 Å². The Morgan fingerprint density at radius 2 is 1.79 bits per heavy atom. The number of carboxylic acid groups (broad SMARTS) is 1. The summed E-state index contributed by atoms with van der Waals surface area (Å²) in [5.41, 5.74) is -0.360. The highest BCUT2D eigenvalue weighted by Crippen LogP contribution is 2.49. The first-order valence-electron chi connectivity index (χ1n) is 12.3. The van der Waals surface area contributed by atoms with E-state index in [0.717, 1.165) is 36.6 Å². The molecule has 1 aliphatic rings. The summed E-state index contributed by atoms with van der Waals surface area (Å²) in [6.07, 6.45) is 0. The minimum atomic E-state index is -3.33. The molecule has 0 saturated carbocycles. The third kappa shape index (κ3) is 5.86. The maximum atomic E-state index is 14.5. The molecule has 39 heavy (non-hydrogen) atoms. The standard InChI is InChI=1S/C29H25F4NO4S/c1-29(32,33)24-13-19(31)3-9-22(24)27-26(23-8-2-18(28(35)36)12-25(23)39-27)38-21-6-4-20(5-7-21)37-11-10-34-15-17(14-30)16-34/h2-9,12-13,17H,10-11,14-16H2,1H3,(H,35,36). The maximum Gasteiger partial charge on any atom is 0.335 e. The quantitative estimate of drug-likeness (QED) is 0.203. The number of benzene rings is 3. The van der Waals surface area contributed by atoms with Crippen molar-refractivity contribution in [3.63, 3.8) is 0 Å². The SMILES string of the molecule is CC(F)(F)c1cc(F)ccc1-c1sc2cc(C(=O)O)ccc2c1Oc1ccc(OCCN2CC(CF)C2)cc1. The van der Waals surface area contributed by atoms with Gasteiger partial charge in [-0.25, -0.2) is 18.0 Å². The Balaban J connectivity index is 1.44. The second-order valence-corrected chi connectivity index (χ2v) is 10.6. The molecule has 0 radical (unpaired) electrons.